The van der Waals surface area contributed by atoms with Gasteiger partial charge < -0.3 is 24.7 Å². The molecule has 1 spiro atoms. The highest BCUT2D eigenvalue weighted by Gasteiger charge is 2.79. The fourth-order valence-corrected chi connectivity index (χ4v) is 6.73. The van der Waals surface area contributed by atoms with Crippen LogP contribution in [-0.2, 0) is 19.1 Å². The third-order valence-electron chi connectivity index (χ3n) is 7.89. The number of carboxylic acid groups (broad SMARTS) is 1. The van der Waals surface area contributed by atoms with Gasteiger partial charge in [-0.05, 0) is 44.7 Å². The number of halogens is 1. The minimum absolute atomic E-state index is 0.136. The Morgan fingerprint density at radius 1 is 1.41 bits per heavy atom. The number of hydrogen-bond acceptors (Lipinski definition) is 5. The number of rotatable bonds is 8. The Balaban J connectivity index is 1.89. The normalized spacial score (nSPS) is 32.6. The molecule has 3 aliphatic heterocycles. The molecule has 6 atom stereocenters. The molecule has 0 saturated carbocycles. The summed E-state index contributed by atoms with van der Waals surface area (Å²) in [5.41, 5.74) is -1.01. The summed E-state index contributed by atoms with van der Waals surface area (Å²) in [5, 5.41) is 20.4. The van der Waals surface area contributed by atoms with Gasteiger partial charge in [0.1, 0.15) is 17.6 Å². The van der Waals surface area contributed by atoms with Crippen LogP contribution in [0.15, 0.2) is 30.9 Å². The summed E-state index contributed by atoms with van der Waals surface area (Å²) in [6, 6.07) is 3.51. The van der Waals surface area contributed by atoms with E-state index >= 15 is 0 Å². The number of aryl methyl sites for hydroxylation is 1. The van der Waals surface area contributed by atoms with Gasteiger partial charge in [-0.3, -0.25) is 14.4 Å². The molecular weight excluding hydrogens is 460 g/mol. The van der Waals surface area contributed by atoms with Crippen molar-refractivity contribution in [3.05, 3.63) is 41.4 Å². The average molecular weight is 491 g/mol. The molecule has 3 aliphatic rings. The van der Waals surface area contributed by atoms with Crippen LogP contribution in [-0.4, -0.2) is 69.3 Å². The highest BCUT2D eigenvalue weighted by Crippen LogP contribution is 2.64. The standard InChI is InChI=1S/C25H31ClN2O6/c1-5-12-27(19-14(3)8-7-9-16(19)26)22(31)20-25-11-10-24(6-2,34-25)18(23(32)33)17(25)21(30)28(20)15(4)13-29/h5,7-9,15,17-18,20,29H,1,6,10-13H2,2-4H3,(H,32,33)/t15-,17+,18+,20?,24-,25?/m1/s1. The van der Waals surface area contributed by atoms with Gasteiger partial charge >= 0.3 is 5.97 Å². The first-order valence-corrected chi connectivity index (χ1v) is 12.0. The van der Waals surface area contributed by atoms with E-state index in [0.29, 0.717) is 30.0 Å². The second-order valence-electron chi connectivity index (χ2n) is 9.59. The summed E-state index contributed by atoms with van der Waals surface area (Å²) in [4.78, 5) is 43.3. The van der Waals surface area contributed by atoms with Gasteiger partial charge in [0.2, 0.25) is 5.91 Å². The molecular formula is C25H31ClN2O6. The second kappa shape index (κ2) is 8.66. The lowest BCUT2D eigenvalue weighted by Crippen LogP contribution is -2.58. The summed E-state index contributed by atoms with van der Waals surface area (Å²) in [5.74, 6) is -4.04. The molecule has 2 N–H and O–H groups in total. The molecule has 0 aromatic heterocycles. The molecule has 2 amide bonds. The molecule has 4 rings (SSSR count). The molecule has 3 fully saturated rings. The topological polar surface area (TPSA) is 107 Å². The zero-order valence-electron chi connectivity index (χ0n) is 19.7. The molecule has 9 heteroatoms. The number of ether oxygens (including phenoxy) is 1. The fraction of sp³-hybridized carbons (Fsp3) is 0.560. The third-order valence-corrected chi connectivity index (χ3v) is 8.20. The van der Waals surface area contributed by atoms with E-state index in [2.05, 4.69) is 6.58 Å². The monoisotopic (exact) mass is 490 g/mol. The molecule has 0 aliphatic carbocycles. The van der Waals surface area contributed by atoms with Crippen LogP contribution in [0.25, 0.3) is 0 Å². The summed E-state index contributed by atoms with van der Waals surface area (Å²) < 4.78 is 6.52. The van der Waals surface area contributed by atoms with Crippen LogP contribution in [0.3, 0.4) is 0 Å². The molecule has 8 nitrogen and oxygen atoms in total. The Labute approximate surface area is 204 Å². The van der Waals surface area contributed by atoms with E-state index in [1.165, 1.54) is 9.80 Å². The smallest absolute Gasteiger partial charge is 0.310 e. The second-order valence-corrected chi connectivity index (χ2v) is 10.00. The quantitative estimate of drug-likeness (QED) is 0.542. The van der Waals surface area contributed by atoms with Crippen LogP contribution in [0.5, 0.6) is 0 Å². The van der Waals surface area contributed by atoms with Crippen LogP contribution in [0.4, 0.5) is 5.69 Å². The van der Waals surface area contributed by atoms with E-state index in [0.717, 1.165) is 5.56 Å². The molecule has 1 aromatic carbocycles. The first-order chi connectivity index (χ1) is 16.1. The Morgan fingerprint density at radius 2 is 2.12 bits per heavy atom. The number of aliphatic hydroxyl groups is 1. The van der Waals surface area contributed by atoms with E-state index in [-0.39, 0.29) is 13.2 Å². The van der Waals surface area contributed by atoms with E-state index in [4.69, 9.17) is 16.3 Å². The van der Waals surface area contributed by atoms with E-state index < -0.39 is 52.9 Å². The Kier molecular flexibility index (Phi) is 6.29. The molecule has 3 heterocycles. The molecule has 0 radical (unpaired) electrons. The number of nitrogens with zero attached hydrogens (tertiary/aromatic N) is 2. The number of carboxylic acids is 1. The number of anilines is 1. The number of aliphatic hydroxyl groups excluding tert-OH is 1. The minimum Gasteiger partial charge on any atom is -0.481 e. The largest absolute Gasteiger partial charge is 0.481 e. The van der Waals surface area contributed by atoms with E-state index in [9.17, 15) is 24.6 Å². The molecule has 34 heavy (non-hydrogen) atoms. The average Bonchev–Trinajstić information content (AvgIpc) is 3.41. The van der Waals surface area contributed by atoms with Crippen LogP contribution in [0.1, 0.15) is 38.7 Å². The van der Waals surface area contributed by atoms with Crippen LogP contribution < -0.4 is 4.90 Å². The first-order valence-electron chi connectivity index (χ1n) is 11.6. The zero-order valence-corrected chi connectivity index (χ0v) is 20.4. The van der Waals surface area contributed by atoms with Crippen molar-refractivity contribution in [3.8, 4) is 0 Å². The van der Waals surface area contributed by atoms with Crippen molar-refractivity contribution in [3.63, 3.8) is 0 Å². The van der Waals surface area contributed by atoms with Gasteiger partial charge in [-0.1, -0.05) is 36.7 Å². The lowest BCUT2D eigenvalue weighted by molar-refractivity contribution is -0.157. The Hall–Kier alpha value is -2.42. The van der Waals surface area contributed by atoms with Crippen molar-refractivity contribution >= 4 is 35.1 Å². The fourth-order valence-electron chi connectivity index (χ4n) is 6.41. The number of hydrogen-bond donors (Lipinski definition) is 2. The maximum atomic E-state index is 14.3. The molecule has 184 valence electrons. The summed E-state index contributed by atoms with van der Waals surface area (Å²) >= 11 is 6.51. The Morgan fingerprint density at radius 3 is 2.68 bits per heavy atom. The SMILES string of the molecule is C=CCN(C(=O)C1N([C@H](C)CO)C(=O)[C@@H]2[C@@H](C(=O)O)[C@@]3(CC)CCC12O3)c1c(C)cccc1Cl. The van der Waals surface area contributed by atoms with E-state index in [1.807, 2.05) is 19.9 Å². The number of amides is 2. The maximum absolute atomic E-state index is 14.3. The van der Waals surface area contributed by atoms with Crippen molar-refractivity contribution in [1.82, 2.24) is 4.90 Å². The number of fused-ring (bicyclic) bond motifs is 1. The summed E-state index contributed by atoms with van der Waals surface area (Å²) in [7, 11) is 0. The Bertz CT molecular complexity index is 1030. The number of carbonyl (C=O) groups excluding carboxylic acids is 2. The minimum atomic E-state index is -1.29. The van der Waals surface area contributed by atoms with Gasteiger partial charge in [0.05, 0.1) is 34.9 Å². The molecule has 2 unspecified atom stereocenters. The predicted molar refractivity (Wildman–Crippen MR) is 127 cm³/mol. The van der Waals surface area contributed by atoms with Gasteiger partial charge in [-0.25, -0.2) is 0 Å². The number of aliphatic carboxylic acids is 1. The number of para-hydroxylation sites is 1. The molecule has 3 saturated heterocycles. The third kappa shape index (κ3) is 3.22. The van der Waals surface area contributed by atoms with Gasteiger partial charge in [-0.15, -0.1) is 6.58 Å². The van der Waals surface area contributed by atoms with Crippen LogP contribution in [0, 0.1) is 18.8 Å². The molecule has 2 bridgehead atoms. The zero-order chi connectivity index (χ0) is 25.0. The maximum Gasteiger partial charge on any atom is 0.310 e. The van der Waals surface area contributed by atoms with Crippen LogP contribution in [0.2, 0.25) is 5.02 Å². The van der Waals surface area contributed by atoms with Crippen molar-refractivity contribution in [2.75, 3.05) is 18.1 Å². The van der Waals surface area contributed by atoms with Crippen molar-refractivity contribution < 1.29 is 29.3 Å². The number of carbonyl (C=O) groups is 3. The van der Waals surface area contributed by atoms with E-state index in [1.54, 1.807) is 25.1 Å². The predicted octanol–water partition coefficient (Wildman–Crippen LogP) is 2.79. The number of benzene rings is 1. The van der Waals surface area contributed by atoms with Gasteiger partial charge in [0, 0.05) is 6.54 Å². The first kappa shape index (κ1) is 24.7. The molecule has 1 aromatic rings. The van der Waals surface area contributed by atoms with Gasteiger partial charge in [-0.2, -0.15) is 0 Å². The highest BCUT2D eigenvalue weighted by molar-refractivity contribution is 6.34. The van der Waals surface area contributed by atoms with Crippen molar-refractivity contribution in [2.24, 2.45) is 11.8 Å². The number of likely N-dealkylation sites (tertiary alicyclic amines) is 1. The lowest BCUT2D eigenvalue weighted by Gasteiger charge is -2.39. The summed E-state index contributed by atoms with van der Waals surface area (Å²) in [6.07, 6.45) is 2.83. The van der Waals surface area contributed by atoms with Crippen molar-refractivity contribution in [2.45, 2.75) is 63.3 Å². The van der Waals surface area contributed by atoms with Crippen molar-refractivity contribution in [1.29, 1.82) is 0 Å². The van der Waals surface area contributed by atoms with Gasteiger partial charge in [0.15, 0.2) is 0 Å². The summed E-state index contributed by atoms with van der Waals surface area (Å²) in [6.45, 7) is 8.88. The lowest BCUT2D eigenvalue weighted by atomic mass is 9.65. The van der Waals surface area contributed by atoms with Gasteiger partial charge in [0.25, 0.3) is 5.91 Å². The van der Waals surface area contributed by atoms with Crippen LogP contribution >= 0.6 is 11.6 Å². The highest BCUT2D eigenvalue weighted by atomic mass is 35.5.